The first-order valence-corrected chi connectivity index (χ1v) is 6.33. The summed E-state index contributed by atoms with van der Waals surface area (Å²) in [7, 11) is 1.40. The van der Waals surface area contributed by atoms with E-state index in [1.54, 1.807) is 12.1 Å². The van der Waals surface area contributed by atoms with Gasteiger partial charge in [0.1, 0.15) is 0 Å². The van der Waals surface area contributed by atoms with Crippen LogP contribution in [0.4, 0.5) is 5.69 Å². The van der Waals surface area contributed by atoms with Crippen LogP contribution < -0.4 is 10.0 Å². The molecule has 0 unspecified atom stereocenters. The molecule has 0 amide bonds. The average Bonchev–Trinajstić information content (AvgIpc) is 2.17. The summed E-state index contributed by atoms with van der Waals surface area (Å²) in [6.07, 6.45) is 0. The molecule has 1 aromatic carbocycles. The zero-order valence-electron chi connectivity index (χ0n) is 9.69. The molecule has 0 radical (unpaired) electrons. The van der Waals surface area contributed by atoms with Crippen molar-refractivity contribution in [3.8, 4) is 0 Å². The van der Waals surface area contributed by atoms with Crippen molar-refractivity contribution in [2.45, 2.75) is 6.54 Å². The van der Waals surface area contributed by atoms with Gasteiger partial charge < -0.3 is 5.32 Å². The lowest BCUT2D eigenvalue weighted by molar-refractivity contribution is 0.527. The van der Waals surface area contributed by atoms with Gasteiger partial charge in [0.15, 0.2) is 0 Å². The molecule has 0 saturated heterocycles. The van der Waals surface area contributed by atoms with Crippen molar-refractivity contribution in [3.63, 3.8) is 0 Å². The molecular formula is C10H17N3O2S. The molecule has 0 aliphatic carbocycles. The lowest BCUT2D eigenvalue weighted by Gasteiger charge is -2.13. The first kappa shape index (κ1) is 13.0. The molecule has 0 aromatic heterocycles. The maximum Gasteiger partial charge on any atom is 0.301 e. The third-order valence-electron chi connectivity index (χ3n) is 2.04. The normalized spacial score (nSPS) is 11.8. The summed E-state index contributed by atoms with van der Waals surface area (Å²) in [6.45, 7) is 0.706. The molecule has 2 N–H and O–H groups in total. The second-order valence-electron chi connectivity index (χ2n) is 3.62. The highest BCUT2D eigenvalue weighted by Gasteiger charge is 2.12. The van der Waals surface area contributed by atoms with Crippen molar-refractivity contribution < 1.29 is 8.42 Å². The van der Waals surface area contributed by atoms with Crippen molar-refractivity contribution in [1.29, 1.82) is 0 Å². The molecule has 0 atom stereocenters. The van der Waals surface area contributed by atoms with Crippen LogP contribution in [0.25, 0.3) is 0 Å². The standard InChI is InChI=1S/C10H17N3O2S/c1-11-8-9-5-4-6-10(7-9)12-16(14,15)13(2)3/h4-7,11-12H,8H2,1-3H3. The van der Waals surface area contributed by atoms with Crippen LogP contribution in [0.1, 0.15) is 5.56 Å². The van der Waals surface area contributed by atoms with Crippen LogP contribution in [-0.4, -0.2) is 33.9 Å². The molecule has 0 spiro atoms. The van der Waals surface area contributed by atoms with E-state index in [2.05, 4.69) is 10.0 Å². The number of nitrogens with zero attached hydrogens (tertiary/aromatic N) is 1. The van der Waals surface area contributed by atoms with E-state index in [0.29, 0.717) is 12.2 Å². The molecule has 1 aromatic rings. The van der Waals surface area contributed by atoms with Crippen molar-refractivity contribution >= 4 is 15.9 Å². The Morgan fingerprint density at radius 2 is 2.00 bits per heavy atom. The summed E-state index contributed by atoms with van der Waals surface area (Å²) in [5, 5.41) is 3.01. The minimum absolute atomic E-state index is 0.571. The fourth-order valence-corrected chi connectivity index (χ4v) is 1.80. The van der Waals surface area contributed by atoms with Gasteiger partial charge >= 0.3 is 10.2 Å². The highest BCUT2D eigenvalue weighted by atomic mass is 32.2. The molecule has 5 nitrogen and oxygen atoms in total. The third-order valence-corrected chi connectivity index (χ3v) is 3.49. The van der Waals surface area contributed by atoms with Crippen molar-refractivity contribution in [1.82, 2.24) is 9.62 Å². The monoisotopic (exact) mass is 243 g/mol. The molecular weight excluding hydrogens is 226 g/mol. The molecule has 6 heteroatoms. The molecule has 16 heavy (non-hydrogen) atoms. The van der Waals surface area contributed by atoms with Gasteiger partial charge in [-0.05, 0) is 24.7 Å². The number of benzene rings is 1. The van der Waals surface area contributed by atoms with Gasteiger partial charge in [-0.1, -0.05) is 12.1 Å². The SMILES string of the molecule is CNCc1cccc(NS(=O)(=O)N(C)C)c1. The number of anilines is 1. The summed E-state index contributed by atoms with van der Waals surface area (Å²) in [6, 6.07) is 7.28. The molecule has 0 bridgehead atoms. The van der Waals surface area contributed by atoms with E-state index >= 15 is 0 Å². The quantitative estimate of drug-likeness (QED) is 0.797. The number of nitrogens with one attached hydrogen (secondary N) is 2. The number of hydrogen-bond acceptors (Lipinski definition) is 3. The van der Waals surface area contributed by atoms with E-state index in [1.807, 2.05) is 19.2 Å². The van der Waals surface area contributed by atoms with Gasteiger partial charge in [-0.25, -0.2) is 0 Å². The van der Waals surface area contributed by atoms with E-state index in [1.165, 1.54) is 14.1 Å². The molecule has 90 valence electrons. The Balaban J connectivity index is 2.86. The van der Waals surface area contributed by atoms with Gasteiger partial charge in [-0.3, -0.25) is 4.72 Å². The van der Waals surface area contributed by atoms with Crippen molar-refractivity contribution in [2.75, 3.05) is 25.9 Å². The molecule has 0 fully saturated rings. The Labute approximate surface area is 96.6 Å². The zero-order valence-corrected chi connectivity index (χ0v) is 10.5. The van der Waals surface area contributed by atoms with E-state index in [4.69, 9.17) is 0 Å². The van der Waals surface area contributed by atoms with Gasteiger partial charge in [-0.2, -0.15) is 12.7 Å². The Kier molecular flexibility index (Phi) is 4.28. The highest BCUT2D eigenvalue weighted by Crippen LogP contribution is 2.12. The van der Waals surface area contributed by atoms with Gasteiger partial charge in [0.05, 0.1) is 5.69 Å². The van der Waals surface area contributed by atoms with Crippen LogP contribution in [-0.2, 0) is 16.8 Å². The molecule has 0 aliphatic heterocycles. The first-order valence-electron chi connectivity index (χ1n) is 4.89. The maximum atomic E-state index is 11.6. The predicted molar refractivity (Wildman–Crippen MR) is 65.4 cm³/mol. The minimum Gasteiger partial charge on any atom is -0.316 e. The Bertz CT molecular complexity index is 443. The number of hydrogen-bond donors (Lipinski definition) is 2. The summed E-state index contributed by atoms with van der Waals surface area (Å²) in [4.78, 5) is 0. The van der Waals surface area contributed by atoms with E-state index in [0.717, 1.165) is 9.87 Å². The summed E-state index contributed by atoms with van der Waals surface area (Å²) >= 11 is 0. The molecule has 0 saturated carbocycles. The van der Waals surface area contributed by atoms with Crippen LogP contribution >= 0.6 is 0 Å². The largest absolute Gasteiger partial charge is 0.316 e. The molecule has 0 aliphatic rings. The molecule has 1 rings (SSSR count). The Morgan fingerprint density at radius 1 is 1.31 bits per heavy atom. The first-order chi connectivity index (χ1) is 7.45. The fraction of sp³-hybridized carbons (Fsp3) is 0.400. The van der Waals surface area contributed by atoms with Gasteiger partial charge in [0.25, 0.3) is 0 Å². The predicted octanol–water partition coefficient (Wildman–Crippen LogP) is 0.624. The zero-order chi connectivity index (χ0) is 12.2. The summed E-state index contributed by atoms with van der Waals surface area (Å²) in [5.74, 6) is 0. The van der Waals surface area contributed by atoms with Crippen LogP contribution in [0.3, 0.4) is 0 Å². The van der Waals surface area contributed by atoms with Crippen molar-refractivity contribution in [3.05, 3.63) is 29.8 Å². The topological polar surface area (TPSA) is 61.4 Å². The van der Waals surface area contributed by atoms with Crippen LogP contribution in [0.5, 0.6) is 0 Å². The minimum atomic E-state index is -3.42. The smallest absolute Gasteiger partial charge is 0.301 e. The van der Waals surface area contributed by atoms with Gasteiger partial charge in [0.2, 0.25) is 0 Å². The second-order valence-corrected chi connectivity index (χ2v) is 5.50. The van der Waals surface area contributed by atoms with E-state index < -0.39 is 10.2 Å². The van der Waals surface area contributed by atoms with Crippen LogP contribution in [0, 0.1) is 0 Å². The van der Waals surface area contributed by atoms with Crippen LogP contribution in [0.2, 0.25) is 0 Å². The lowest BCUT2D eigenvalue weighted by Crippen LogP contribution is -2.28. The fourth-order valence-electron chi connectivity index (χ4n) is 1.19. The Morgan fingerprint density at radius 3 is 2.56 bits per heavy atom. The maximum absolute atomic E-state index is 11.6. The average molecular weight is 243 g/mol. The van der Waals surface area contributed by atoms with Crippen LogP contribution in [0.15, 0.2) is 24.3 Å². The van der Waals surface area contributed by atoms with Gasteiger partial charge in [-0.15, -0.1) is 0 Å². The summed E-state index contributed by atoms with van der Waals surface area (Å²) in [5.41, 5.74) is 1.60. The Hall–Kier alpha value is -1.11. The van der Waals surface area contributed by atoms with Gasteiger partial charge in [0, 0.05) is 20.6 Å². The summed E-state index contributed by atoms with van der Waals surface area (Å²) < 4.78 is 26.8. The third kappa shape index (κ3) is 3.48. The number of rotatable bonds is 5. The van der Waals surface area contributed by atoms with Crippen molar-refractivity contribution in [2.24, 2.45) is 0 Å². The second kappa shape index (κ2) is 5.29. The molecule has 0 heterocycles. The lowest BCUT2D eigenvalue weighted by atomic mass is 10.2. The highest BCUT2D eigenvalue weighted by molar-refractivity contribution is 7.90. The van der Waals surface area contributed by atoms with E-state index in [-0.39, 0.29) is 0 Å². The van der Waals surface area contributed by atoms with E-state index in [9.17, 15) is 8.42 Å².